The van der Waals surface area contributed by atoms with Crippen molar-refractivity contribution >= 4 is 11.6 Å². The van der Waals surface area contributed by atoms with Crippen molar-refractivity contribution in [3.63, 3.8) is 0 Å². The van der Waals surface area contributed by atoms with Crippen LogP contribution in [0.1, 0.15) is 21.6 Å². The molecule has 5 heteroatoms. The molecule has 1 heterocycles. The van der Waals surface area contributed by atoms with Crippen molar-refractivity contribution in [3.05, 3.63) is 47.5 Å². The number of rotatable bonds is 2. The van der Waals surface area contributed by atoms with Crippen LogP contribution in [0.15, 0.2) is 30.7 Å². The molecule has 5 nitrogen and oxygen atoms in total. The van der Waals surface area contributed by atoms with Gasteiger partial charge in [0.05, 0.1) is 12.5 Å². The molecule has 0 bridgehead atoms. The maximum Gasteiger partial charge on any atom is 0.273 e. The highest BCUT2D eigenvalue weighted by Gasteiger charge is 2.10. The number of hydrogen-bond acceptors (Lipinski definition) is 3. The van der Waals surface area contributed by atoms with E-state index in [1.807, 2.05) is 19.1 Å². The lowest BCUT2D eigenvalue weighted by Crippen LogP contribution is -2.15. The molecule has 0 saturated carbocycles. The van der Waals surface area contributed by atoms with Gasteiger partial charge < -0.3 is 15.0 Å². The molecule has 2 N–H and O–H groups in total. The van der Waals surface area contributed by atoms with Crippen molar-refractivity contribution in [3.8, 4) is 11.8 Å². The fraction of sp³-hybridized carbons (Fsp3) is 0.200. The van der Waals surface area contributed by atoms with Gasteiger partial charge in [0.15, 0.2) is 0 Å². The number of anilines is 1. The lowest BCUT2D eigenvalue weighted by atomic mass is 10.1. The van der Waals surface area contributed by atoms with E-state index in [1.54, 1.807) is 24.0 Å². The molecule has 0 fully saturated rings. The maximum absolute atomic E-state index is 12.1. The summed E-state index contributed by atoms with van der Waals surface area (Å²) in [7, 11) is 1.76. The second-order valence-corrected chi connectivity index (χ2v) is 4.39. The van der Waals surface area contributed by atoms with Crippen LogP contribution in [-0.2, 0) is 7.05 Å². The highest BCUT2D eigenvalue weighted by atomic mass is 16.2. The highest BCUT2D eigenvalue weighted by molar-refractivity contribution is 6.03. The molecule has 0 saturated heterocycles. The smallest absolute Gasteiger partial charge is 0.273 e. The molecule has 2 aromatic rings. The number of benzene rings is 1. The van der Waals surface area contributed by atoms with Gasteiger partial charge in [-0.25, -0.2) is 4.98 Å². The summed E-state index contributed by atoms with van der Waals surface area (Å²) in [6.45, 7) is 1.73. The number of aryl methyl sites for hydroxylation is 2. The fourth-order valence-corrected chi connectivity index (χ4v) is 1.84. The summed E-state index contributed by atoms with van der Waals surface area (Å²) in [5.74, 6) is 5.19. The van der Waals surface area contributed by atoms with Crippen LogP contribution in [0.5, 0.6) is 0 Å². The summed E-state index contributed by atoms with van der Waals surface area (Å²) in [6.07, 6.45) is 3.08. The first-order valence-corrected chi connectivity index (χ1v) is 6.09. The first kappa shape index (κ1) is 13.8. The van der Waals surface area contributed by atoms with E-state index in [2.05, 4.69) is 22.1 Å². The van der Waals surface area contributed by atoms with E-state index >= 15 is 0 Å². The van der Waals surface area contributed by atoms with Gasteiger partial charge in [-0.3, -0.25) is 4.79 Å². The predicted octanol–water partition coefficient (Wildman–Crippen LogP) is 1.32. The quantitative estimate of drug-likeness (QED) is 0.808. The fourth-order valence-electron chi connectivity index (χ4n) is 1.84. The summed E-state index contributed by atoms with van der Waals surface area (Å²) in [6, 6.07) is 5.52. The van der Waals surface area contributed by atoms with E-state index in [4.69, 9.17) is 5.11 Å². The zero-order valence-corrected chi connectivity index (χ0v) is 11.3. The van der Waals surface area contributed by atoms with Crippen LogP contribution in [0.2, 0.25) is 0 Å². The topological polar surface area (TPSA) is 67.2 Å². The Hall–Kier alpha value is -2.58. The van der Waals surface area contributed by atoms with Crippen molar-refractivity contribution in [1.29, 1.82) is 0 Å². The molecule has 2 rings (SSSR count). The zero-order valence-electron chi connectivity index (χ0n) is 11.3. The molecule has 0 radical (unpaired) electrons. The second-order valence-electron chi connectivity index (χ2n) is 4.39. The van der Waals surface area contributed by atoms with Gasteiger partial charge in [0.25, 0.3) is 5.91 Å². The van der Waals surface area contributed by atoms with Crippen LogP contribution in [0.25, 0.3) is 0 Å². The molecular formula is C15H15N3O2. The number of imidazole rings is 1. The largest absolute Gasteiger partial charge is 0.384 e. The van der Waals surface area contributed by atoms with Gasteiger partial charge in [-0.1, -0.05) is 11.8 Å². The average Bonchev–Trinajstić information content (AvgIpc) is 2.82. The van der Waals surface area contributed by atoms with Crippen molar-refractivity contribution in [1.82, 2.24) is 9.55 Å². The van der Waals surface area contributed by atoms with Crippen LogP contribution in [0.4, 0.5) is 5.69 Å². The molecule has 0 spiro atoms. The third kappa shape index (κ3) is 3.25. The van der Waals surface area contributed by atoms with Crippen molar-refractivity contribution in [2.45, 2.75) is 6.92 Å². The Morgan fingerprint density at radius 3 is 2.90 bits per heavy atom. The van der Waals surface area contributed by atoms with Crippen LogP contribution in [0, 0.1) is 18.8 Å². The molecule has 102 valence electrons. The summed E-state index contributed by atoms with van der Waals surface area (Å²) >= 11 is 0. The SMILES string of the molecule is Cc1cc(C#CCO)cc(NC(=O)c2cncn2C)c1. The van der Waals surface area contributed by atoms with Crippen molar-refractivity contribution in [2.24, 2.45) is 7.05 Å². The number of aliphatic hydroxyl groups is 1. The zero-order chi connectivity index (χ0) is 14.5. The summed E-state index contributed by atoms with van der Waals surface area (Å²) < 4.78 is 1.65. The average molecular weight is 269 g/mol. The van der Waals surface area contributed by atoms with E-state index < -0.39 is 0 Å². The molecule has 1 aromatic carbocycles. The standard InChI is InChI=1S/C15H15N3O2/c1-11-6-12(4-3-5-19)8-13(7-11)17-15(20)14-9-16-10-18(14)2/h6-10,19H,5H2,1-2H3,(H,17,20). The molecule has 0 atom stereocenters. The van der Waals surface area contributed by atoms with Crippen LogP contribution in [0.3, 0.4) is 0 Å². The molecule has 0 aliphatic rings. The summed E-state index contributed by atoms with van der Waals surface area (Å²) in [5.41, 5.74) is 2.88. The number of aromatic nitrogens is 2. The van der Waals surface area contributed by atoms with Crippen LogP contribution < -0.4 is 5.32 Å². The molecule has 1 aromatic heterocycles. The summed E-state index contributed by atoms with van der Waals surface area (Å²) in [4.78, 5) is 16.0. The number of nitrogens with zero attached hydrogens (tertiary/aromatic N) is 2. The highest BCUT2D eigenvalue weighted by Crippen LogP contribution is 2.15. The monoisotopic (exact) mass is 269 g/mol. The van der Waals surface area contributed by atoms with E-state index in [0.29, 0.717) is 11.4 Å². The molecule has 20 heavy (non-hydrogen) atoms. The Bertz CT molecular complexity index is 693. The first-order chi connectivity index (χ1) is 9.60. The van der Waals surface area contributed by atoms with Crippen molar-refractivity contribution in [2.75, 3.05) is 11.9 Å². The molecule has 0 unspecified atom stereocenters. The van der Waals surface area contributed by atoms with E-state index in [9.17, 15) is 4.79 Å². The minimum Gasteiger partial charge on any atom is -0.384 e. The van der Waals surface area contributed by atoms with Gasteiger partial charge in [0.1, 0.15) is 12.3 Å². The number of carbonyl (C=O) groups excluding carboxylic acids is 1. The van der Waals surface area contributed by atoms with E-state index in [0.717, 1.165) is 11.1 Å². The predicted molar refractivity (Wildman–Crippen MR) is 76.3 cm³/mol. The van der Waals surface area contributed by atoms with Crippen LogP contribution >= 0.6 is 0 Å². The van der Waals surface area contributed by atoms with E-state index in [-0.39, 0.29) is 12.5 Å². The molecule has 1 amide bonds. The number of amides is 1. The lowest BCUT2D eigenvalue weighted by molar-refractivity contribution is 0.101. The number of carbonyl (C=O) groups is 1. The molecular weight excluding hydrogens is 254 g/mol. The Morgan fingerprint density at radius 2 is 2.25 bits per heavy atom. The van der Waals surface area contributed by atoms with Gasteiger partial charge in [0, 0.05) is 18.3 Å². The Labute approximate surface area is 117 Å². The van der Waals surface area contributed by atoms with Gasteiger partial charge in [-0.05, 0) is 30.7 Å². The third-order valence-corrected chi connectivity index (χ3v) is 2.70. The minimum absolute atomic E-state index is 0.190. The lowest BCUT2D eigenvalue weighted by Gasteiger charge is -2.07. The van der Waals surface area contributed by atoms with Gasteiger partial charge in [-0.15, -0.1) is 0 Å². The molecule has 0 aliphatic heterocycles. The number of aliphatic hydroxyl groups excluding tert-OH is 1. The van der Waals surface area contributed by atoms with Crippen molar-refractivity contribution < 1.29 is 9.90 Å². The first-order valence-electron chi connectivity index (χ1n) is 6.09. The maximum atomic E-state index is 12.1. The third-order valence-electron chi connectivity index (χ3n) is 2.70. The number of hydrogen-bond donors (Lipinski definition) is 2. The minimum atomic E-state index is -0.225. The number of nitrogens with one attached hydrogen (secondary N) is 1. The molecule has 0 aliphatic carbocycles. The van der Waals surface area contributed by atoms with Gasteiger partial charge in [0.2, 0.25) is 0 Å². The summed E-state index contributed by atoms with van der Waals surface area (Å²) in [5, 5.41) is 11.5. The Morgan fingerprint density at radius 1 is 1.45 bits per heavy atom. The van der Waals surface area contributed by atoms with E-state index in [1.165, 1.54) is 6.20 Å². The van der Waals surface area contributed by atoms with Crippen LogP contribution in [-0.4, -0.2) is 27.2 Å². The Kier molecular flexibility index (Phi) is 4.18. The second kappa shape index (κ2) is 6.04. The Balaban J connectivity index is 2.23. The normalized spacial score (nSPS) is 9.75. The van der Waals surface area contributed by atoms with Gasteiger partial charge in [-0.2, -0.15) is 0 Å². The van der Waals surface area contributed by atoms with Gasteiger partial charge >= 0.3 is 0 Å².